The van der Waals surface area contributed by atoms with Crippen LogP contribution in [0.15, 0.2) is 60.1 Å². The van der Waals surface area contributed by atoms with E-state index in [0.29, 0.717) is 28.1 Å². The summed E-state index contributed by atoms with van der Waals surface area (Å²) in [5.74, 6) is 0.674. The molecule has 3 heterocycles. The minimum atomic E-state index is -0.481. The summed E-state index contributed by atoms with van der Waals surface area (Å²) >= 11 is 6.05. The molecule has 0 spiro atoms. The average molecular weight is 396 g/mol. The first kappa shape index (κ1) is 18.2. The number of aromatic nitrogens is 4. The fourth-order valence-corrected chi connectivity index (χ4v) is 3.32. The second-order valence-corrected chi connectivity index (χ2v) is 6.72. The van der Waals surface area contributed by atoms with E-state index in [0.717, 1.165) is 11.1 Å². The number of rotatable bonds is 4. The summed E-state index contributed by atoms with van der Waals surface area (Å²) in [6, 6.07) is 10.6. The maximum atomic E-state index is 12.7. The molecule has 0 aliphatic carbocycles. The number of ether oxygens (including phenoxy) is 1. The number of carbonyl (C=O) groups excluding carboxylic acids is 1. The van der Waals surface area contributed by atoms with Gasteiger partial charge in [-0.25, -0.2) is 9.48 Å². The second-order valence-electron chi connectivity index (χ2n) is 6.28. The van der Waals surface area contributed by atoms with Crippen LogP contribution in [0.25, 0.3) is 11.4 Å². The first-order chi connectivity index (χ1) is 13.6. The second kappa shape index (κ2) is 7.44. The number of halogens is 1. The molecule has 0 saturated heterocycles. The van der Waals surface area contributed by atoms with Gasteiger partial charge in [0.1, 0.15) is 6.04 Å². The number of anilines is 1. The molecular formula is C20H18ClN5O2. The number of esters is 1. The lowest BCUT2D eigenvalue weighted by molar-refractivity contribution is -0.139. The Bertz CT molecular complexity index is 1040. The summed E-state index contributed by atoms with van der Waals surface area (Å²) in [7, 11) is 0. The molecule has 1 atom stereocenters. The fraction of sp³-hybridized carbons (Fsp3) is 0.200. The number of hydrogen-bond donors (Lipinski definition) is 1. The van der Waals surface area contributed by atoms with Gasteiger partial charge in [-0.1, -0.05) is 23.7 Å². The quantitative estimate of drug-likeness (QED) is 0.676. The van der Waals surface area contributed by atoms with E-state index in [1.807, 2.05) is 31.2 Å². The van der Waals surface area contributed by atoms with E-state index in [2.05, 4.69) is 20.4 Å². The Labute approximate surface area is 167 Å². The number of nitrogens with one attached hydrogen (secondary N) is 1. The maximum absolute atomic E-state index is 12.7. The Morgan fingerprint density at radius 2 is 2.07 bits per heavy atom. The Morgan fingerprint density at radius 1 is 1.29 bits per heavy atom. The molecule has 4 rings (SSSR count). The number of hydrogen-bond acceptors (Lipinski definition) is 6. The molecule has 0 bridgehead atoms. The predicted octanol–water partition coefficient (Wildman–Crippen LogP) is 3.85. The van der Waals surface area contributed by atoms with Crippen molar-refractivity contribution < 1.29 is 9.53 Å². The number of pyridine rings is 1. The topological polar surface area (TPSA) is 81.9 Å². The van der Waals surface area contributed by atoms with Crippen molar-refractivity contribution in [2.24, 2.45) is 0 Å². The first-order valence-corrected chi connectivity index (χ1v) is 9.23. The van der Waals surface area contributed by atoms with E-state index in [9.17, 15) is 4.79 Å². The van der Waals surface area contributed by atoms with E-state index >= 15 is 0 Å². The summed E-state index contributed by atoms with van der Waals surface area (Å²) in [6.07, 6.45) is 3.39. The van der Waals surface area contributed by atoms with Crippen LogP contribution in [-0.2, 0) is 9.53 Å². The third kappa shape index (κ3) is 3.25. The van der Waals surface area contributed by atoms with Gasteiger partial charge in [-0.15, -0.1) is 5.10 Å². The molecule has 1 aromatic carbocycles. The monoisotopic (exact) mass is 395 g/mol. The SMILES string of the molecule is CCOC(=O)C1=C(C)Nc2nc(-c3cccnc3)nn2C1c1ccc(Cl)cc1. The zero-order valence-electron chi connectivity index (χ0n) is 15.4. The lowest BCUT2D eigenvalue weighted by atomic mass is 9.96. The Balaban J connectivity index is 1.86. The summed E-state index contributed by atoms with van der Waals surface area (Å²) in [6.45, 7) is 3.90. The van der Waals surface area contributed by atoms with Gasteiger partial charge in [-0.3, -0.25) is 4.98 Å². The van der Waals surface area contributed by atoms with Crippen molar-refractivity contribution in [3.63, 3.8) is 0 Å². The number of carbonyl (C=O) groups is 1. The van der Waals surface area contributed by atoms with Crippen LogP contribution in [0.3, 0.4) is 0 Å². The number of nitrogens with zero attached hydrogens (tertiary/aromatic N) is 4. The number of benzene rings is 1. The molecule has 8 heteroatoms. The van der Waals surface area contributed by atoms with Gasteiger partial charge in [-0.2, -0.15) is 4.98 Å². The van der Waals surface area contributed by atoms with Gasteiger partial charge in [0.25, 0.3) is 0 Å². The minimum absolute atomic E-state index is 0.286. The van der Waals surface area contributed by atoms with Crippen molar-refractivity contribution in [2.45, 2.75) is 19.9 Å². The molecule has 1 unspecified atom stereocenters. The van der Waals surface area contributed by atoms with Crippen molar-refractivity contribution in [3.05, 3.63) is 70.6 Å². The van der Waals surface area contributed by atoms with Crippen molar-refractivity contribution in [2.75, 3.05) is 11.9 Å². The van der Waals surface area contributed by atoms with Gasteiger partial charge in [0, 0.05) is 28.7 Å². The van der Waals surface area contributed by atoms with Crippen LogP contribution in [0.5, 0.6) is 0 Å². The number of fused-ring (bicyclic) bond motifs is 1. The van der Waals surface area contributed by atoms with Crippen LogP contribution in [-0.4, -0.2) is 32.3 Å². The summed E-state index contributed by atoms with van der Waals surface area (Å²) in [5.41, 5.74) is 2.81. The van der Waals surface area contributed by atoms with E-state index in [1.165, 1.54) is 0 Å². The molecule has 1 aliphatic rings. The lowest BCUT2D eigenvalue weighted by Gasteiger charge is -2.28. The van der Waals surface area contributed by atoms with Crippen LogP contribution in [0, 0.1) is 0 Å². The predicted molar refractivity (Wildman–Crippen MR) is 106 cm³/mol. The molecule has 142 valence electrons. The smallest absolute Gasteiger partial charge is 0.338 e. The van der Waals surface area contributed by atoms with Gasteiger partial charge in [-0.05, 0) is 43.7 Å². The van der Waals surface area contributed by atoms with Crippen molar-refractivity contribution in [3.8, 4) is 11.4 Å². The van der Waals surface area contributed by atoms with E-state index < -0.39 is 12.0 Å². The molecule has 0 saturated carbocycles. The van der Waals surface area contributed by atoms with Gasteiger partial charge < -0.3 is 10.1 Å². The summed E-state index contributed by atoms with van der Waals surface area (Å²) in [4.78, 5) is 21.4. The van der Waals surface area contributed by atoms with Crippen LogP contribution in [0.4, 0.5) is 5.95 Å². The summed E-state index contributed by atoms with van der Waals surface area (Å²) in [5, 5.41) is 8.45. The molecule has 0 radical (unpaired) electrons. The van der Waals surface area contributed by atoms with E-state index in [1.54, 1.807) is 36.1 Å². The Kier molecular flexibility index (Phi) is 4.83. The maximum Gasteiger partial charge on any atom is 0.338 e. The molecular weight excluding hydrogens is 378 g/mol. The highest BCUT2D eigenvalue weighted by Crippen LogP contribution is 2.37. The third-order valence-corrected chi connectivity index (χ3v) is 4.71. The fourth-order valence-electron chi connectivity index (χ4n) is 3.19. The van der Waals surface area contributed by atoms with Crippen molar-refractivity contribution in [1.82, 2.24) is 19.7 Å². The Hall–Kier alpha value is -3.19. The third-order valence-electron chi connectivity index (χ3n) is 4.45. The Morgan fingerprint density at radius 3 is 2.75 bits per heavy atom. The van der Waals surface area contributed by atoms with E-state index in [-0.39, 0.29) is 6.61 Å². The van der Waals surface area contributed by atoms with Crippen LogP contribution < -0.4 is 5.32 Å². The molecule has 7 nitrogen and oxygen atoms in total. The van der Waals surface area contributed by atoms with Gasteiger partial charge in [0.2, 0.25) is 5.95 Å². The lowest BCUT2D eigenvalue weighted by Crippen LogP contribution is -2.29. The molecule has 28 heavy (non-hydrogen) atoms. The zero-order valence-corrected chi connectivity index (χ0v) is 16.1. The zero-order chi connectivity index (χ0) is 19.7. The van der Waals surface area contributed by atoms with Crippen LogP contribution >= 0.6 is 11.6 Å². The molecule has 0 fully saturated rings. The highest BCUT2D eigenvalue weighted by Gasteiger charge is 2.35. The van der Waals surface area contributed by atoms with E-state index in [4.69, 9.17) is 16.3 Å². The molecule has 2 aromatic heterocycles. The molecule has 0 amide bonds. The van der Waals surface area contributed by atoms with Crippen molar-refractivity contribution >= 4 is 23.5 Å². The molecule has 1 N–H and O–H groups in total. The normalized spacial score (nSPS) is 15.8. The van der Waals surface area contributed by atoms with Gasteiger partial charge in [0.15, 0.2) is 5.82 Å². The first-order valence-electron chi connectivity index (χ1n) is 8.85. The average Bonchev–Trinajstić information content (AvgIpc) is 3.12. The largest absolute Gasteiger partial charge is 0.463 e. The number of allylic oxidation sites excluding steroid dienone is 1. The summed E-state index contributed by atoms with van der Waals surface area (Å²) < 4.78 is 7.00. The van der Waals surface area contributed by atoms with Crippen LogP contribution in [0.1, 0.15) is 25.5 Å². The standard InChI is InChI=1S/C20H18ClN5O2/c1-3-28-19(27)16-12(2)23-20-24-18(14-5-4-10-22-11-14)25-26(20)17(16)13-6-8-15(21)9-7-13/h4-11,17H,3H2,1-2H3,(H,23,24,25). The highest BCUT2D eigenvalue weighted by atomic mass is 35.5. The van der Waals surface area contributed by atoms with Gasteiger partial charge >= 0.3 is 5.97 Å². The van der Waals surface area contributed by atoms with Crippen molar-refractivity contribution in [1.29, 1.82) is 0 Å². The molecule has 1 aliphatic heterocycles. The van der Waals surface area contributed by atoms with Crippen LogP contribution in [0.2, 0.25) is 5.02 Å². The minimum Gasteiger partial charge on any atom is -0.463 e. The van der Waals surface area contributed by atoms with Gasteiger partial charge in [0.05, 0.1) is 12.2 Å². The highest BCUT2D eigenvalue weighted by molar-refractivity contribution is 6.30. The molecule has 3 aromatic rings.